The van der Waals surface area contributed by atoms with E-state index in [1.54, 1.807) is 0 Å². The molecule has 0 radical (unpaired) electrons. The van der Waals surface area contributed by atoms with E-state index >= 15 is 0 Å². The van der Waals surface area contributed by atoms with Crippen LogP contribution in [-0.2, 0) is 19.4 Å². The highest BCUT2D eigenvalue weighted by atomic mass is 35.5. The minimum Gasteiger partial charge on any atom is -0.319 e. The first-order chi connectivity index (χ1) is 13.2. The van der Waals surface area contributed by atoms with E-state index in [0.717, 1.165) is 47.3 Å². The Kier molecular flexibility index (Phi) is 7.42. The van der Waals surface area contributed by atoms with Crippen molar-refractivity contribution < 1.29 is 0 Å². The number of hydrogen-bond donors (Lipinski definition) is 0. The topological polar surface area (TPSA) is 17.8 Å². The number of hydrogen-bond acceptors (Lipinski definition) is 2. The molecule has 1 atom stereocenters. The molecule has 0 saturated carbocycles. The Bertz CT molecular complexity index is 845. The molecular formula is C23H27ClN2S. The van der Waals surface area contributed by atoms with Crippen LogP contribution >= 0.6 is 23.4 Å². The summed E-state index contributed by atoms with van der Waals surface area (Å²) in [6.07, 6.45) is 5.29. The summed E-state index contributed by atoms with van der Waals surface area (Å²) in [5.74, 6) is 1.64. The zero-order valence-corrected chi connectivity index (χ0v) is 17.6. The normalized spacial score (nSPS) is 12.3. The summed E-state index contributed by atoms with van der Waals surface area (Å²) in [6, 6.07) is 18.8. The molecule has 27 heavy (non-hydrogen) atoms. The predicted molar refractivity (Wildman–Crippen MR) is 117 cm³/mol. The molecule has 0 aliphatic carbocycles. The van der Waals surface area contributed by atoms with Crippen LogP contribution < -0.4 is 0 Å². The average Bonchev–Trinajstić information content (AvgIpc) is 3.04. The van der Waals surface area contributed by atoms with Crippen molar-refractivity contribution >= 4 is 23.4 Å². The Hall–Kier alpha value is -1.71. The lowest BCUT2D eigenvalue weighted by Crippen LogP contribution is -2.11. The second-order valence-electron chi connectivity index (χ2n) is 7.06. The van der Waals surface area contributed by atoms with Crippen LogP contribution in [0.3, 0.4) is 0 Å². The van der Waals surface area contributed by atoms with Crippen LogP contribution in [0.4, 0.5) is 0 Å². The standard InChI is InChI=1S/C23H27ClN2S/c1-3-13-27-23-25-16-21(15-18(2)14-19-9-5-4-6-10-19)26(23)17-20-11-7-8-12-22(20)24/h4-12,16,18H,3,13-15,17H2,1-2H3. The van der Waals surface area contributed by atoms with Gasteiger partial charge in [0, 0.05) is 22.7 Å². The van der Waals surface area contributed by atoms with Gasteiger partial charge in [0.05, 0.1) is 6.54 Å². The first-order valence-electron chi connectivity index (χ1n) is 9.62. The smallest absolute Gasteiger partial charge is 0.168 e. The lowest BCUT2D eigenvalue weighted by molar-refractivity contribution is 0.541. The van der Waals surface area contributed by atoms with Gasteiger partial charge in [0.1, 0.15) is 0 Å². The molecule has 0 amide bonds. The molecule has 0 fully saturated rings. The van der Waals surface area contributed by atoms with Gasteiger partial charge in [-0.3, -0.25) is 0 Å². The summed E-state index contributed by atoms with van der Waals surface area (Å²) in [4.78, 5) is 4.72. The molecule has 1 unspecified atom stereocenters. The Morgan fingerprint density at radius 3 is 2.52 bits per heavy atom. The number of benzene rings is 2. The van der Waals surface area contributed by atoms with E-state index in [-0.39, 0.29) is 0 Å². The lowest BCUT2D eigenvalue weighted by atomic mass is 9.97. The predicted octanol–water partition coefficient (Wildman–Crippen LogP) is 6.51. The minimum absolute atomic E-state index is 0.554. The Morgan fingerprint density at radius 2 is 1.78 bits per heavy atom. The first kappa shape index (κ1) is 20.0. The molecule has 0 aliphatic heterocycles. The van der Waals surface area contributed by atoms with E-state index in [9.17, 15) is 0 Å². The molecule has 2 nitrogen and oxygen atoms in total. The number of nitrogens with zero attached hydrogens (tertiary/aromatic N) is 2. The van der Waals surface area contributed by atoms with Crippen molar-refractivity contribution in [2.24, 2.45) is 5.92 Å². The third-order valence-electron chi connectivity index (χ3n) is 4.61. The number of halogens is 1. The van der Waals surface area contributed by atoms with Crippen molar-refractivity contribution in [1.82, 2.24) is 9.55 Å². The molecule has 0 N–H and O–H groups in total. The monoisotopic (exact) mass is 398 g/mol. The summed E-state index contributed by atoms with van der Waals surface area (Å²) in [6.45, 7) is 5.30. The van der Waals surface area contributed by atoms with Gasteiger partial charge in [0.15, 0.2) is 5.16 Å². The number of rotatable bonds is 9. The van der Waals surface area contributed by atoms with Crippen LogP contribution in [-0.4, -0.2) is 15.3 Å². The van der Waals surface area contributed by atoms with Crippen molar-refractivity contribution in [3.05, 3.63) is 82.6 Å². The molecule has 0 spiro atoms. The molecule has 142 valence electrons. The first-order valence-corrected chi connectivity index (χ1v) is 11.0. The van der Waals surface area contributed by atoms with Crippen LogP contribution in [0.15, 0.2) is 66.0 Å². The molecule has 4 heteroatoms. The molecule has 0 saturated heterocycles. The van der Waals surface area contributed by atoms with Crippen molar-refractivity contribution in [2.45, 2.75) is 44.8 Å². The molecular weight excluding hydrogens is 372 g/mol. The third kappa shape index (κ3) is 5.63. The van der Waals surface area contributed by atoms with E-state index in [0.29, 0.717) is 5.92 Å². The van der Waals surface area contributed by atoms with E-state index < -0.39 is 0 Å². The SMILES string of the molecule is CCCSc1ncc(CC(C)Cc2ccccc2)n1Cc1ccccc1Cl. The maximum absolute atomic E-state index is 6.42. The van der Waals surface area contributed by atoms with Crippen LogP contribution in [0.25, 0.3) is 0 Å². The molecule has 3 aromatic rings. The highest BCUT2D eigenvalue weighted by Gasteiger charge is 2.15. The maximum Gasteiger partial charge on any atom is 0.168 e. The van der Waals surface area contributed by atoms with E-state index in [1.165, 1.54) is 11.3 Å². The Morgan fingerprint density at radius 1 is 1.04 bits per heavy atom. The van der Waals surface area contributed by atoms with Crippen molar-refractivity contribution in [3.63, 3.8) is 0 Å². The molecule has 1 aromatic heterocycles. The Labute approximate surface area is 172 Å². The number of aromatic nitrogens is 2. The molecule has 2 aromatic carbocycles. The Balaban J connectivity index is 1.79. The van der Waals surface area contributed by atoms with E-state index in [1.807, 2.05) is 23.9 Å². The second-order valence-corrected chi connectivity index (χ2v) is 8.53. The van der Waals surface area contributed by atoms with E-state index in [2.05, 4.69) is 67.1 Å². The van der Waals surface area contributed by atoms with Crippen molar-refractivity contribution in [3.8, 4) is 0 Å². The van der Waals surface area contributed by atoms with E-state index in [4.69, 9.17) is 16.6 Å². The molecule has 0 aliphatic rings. The zero-order chi connectivity index (χ0) is 19.1. The zero-order valence-electron chi connectivity index (χ0n) is 16.1. The summed E-state index contributed by atoms with van der Waals surface area (Å²) >= 11 is 8.26. The molecule has 1 heterocycles. The highest BCUT2D eigenvalue weighted by molar-refractivity contribution is 7.99. The molecule has 3 rings (SSSR count). The summed E-state index contributed by atoms with van der Waals surface area (Å²) < 4.78 is 2.35. The summed E-state index contributed by atoms with van der Waals surface area (Å²) in [7, 11) is 0. The van der Waals surface area contributed by atoms with Gasteiger partial charge in [-0.2, -0.15) is 0 Å². The molecule has 0 bridgehead atoms. The highest BCUT2D eigenvalue weighted by Crippen LogP contribution is 2.25. The number of thioether (sulfide) groups is 1. The van der Waals surface area contributed by atoms with Gasteiger partial charge in [-0.05, 0) is 42.4 Å². The lowest BCUT2D eigenvalue weighted by Gasteiger charge is -2.16. The summed E-state index contributed by atoms with van der Waals surface area (Å²) in [5, 5.41) is 1.92. The number of imidazole rings is 1. The van der Waals surface area contributed by atoms with Gasteiger partial charge >= 0.3 is 0 Å². The fraction of sp³-hybridized carbons (Fsp3) is 0.348. The average molecular weight is 399 g/mol. The van der Waals surface area contributed by atoms with Gasteiger partial charge < -0.3 is 4.57 Å². The quantitative estimate of drug-likeness (QED) is 0.382. The van der Waals surface area contributed by atoms with Gasteiger partial charge in [0.2, 0.25) is 0 Å². The fourth-order valence-corrected chi connectivity index (χ4v) is 4.32. The maximum atomic E-state index is 6.42. The van der Waals surface area contributed by atoms with Crippen molar-refractivity contribution in [2.75, 3.05) is 5.75 Å². The van der Waals surface area contributed by atoms with Gasteiger partial charge in [-0.25, -0.2) is 4.98 Å². The van der Waals surface area contributed by atoms with Crippen molar-refractivity contribution in [1.29, 1.82) is 0 Å². The van der Waals surface area contributed by atoms with Crippen LogP contribution in [0.5, 0.6) is 0 Å². The largest absolute Gasteiger partial charge is 0.319 e. The van der Waals surface area contributed by atoms with Gasteiger partial charge in [-0.15, -0.1) is 0 Å². The van der Waals surface area contributed by atoms with Crippen LogP contribution in [0.1, 0.15) is 37.1 Å². The fourth-order valence-electron chi connectivity index (χ4n) is 3.28. The van der Waals surface area contributed by atoms with Crippen LogP contribution in [0.2, 0.25) is 5.02 Å². The minimum atomic E-state index is 0.554. The van der Waals surface area contributed by atoms with Crippen LogP contribution in [0, 0.1) is 5.92 Å². The second kappa shape index (κ2) is 10.0. The third-order valence-corrected chi connectivity index (χ3v) is 6.17. The summed E-state index contributed by atoms with van der Waals surface area (Å²) in [5.41, 5.74) is 3.83. The van der Waals surface area contributed by atoms with Gasteiger partial charge in [0.25, 0.3) is 0 Å². The van der Waals surface area contributed by atoms with Gasteiger partial charge in [-0.1, -0.05) is 85.7 Å².